The number of rotatable bonds is 7. The molecule has 0 saturated carbocycles. The molecule has 0 aliphatic carbocycles. The van der Waals surface area contributed by atoms with Crippen molar-refractivity contribution in [2.45, 2.75) is 25.0 Å². The van der Waals surface area contributed by atoms with Gasteiger partial charge >= 0.3 is 0 Å². The van der Waals surface area contributed by atoms with E-state index in [9.17, 15) is 0 Å². The fourth-order valence-electron chi connectivity index (χ4n) is 2.13. The number of benzene rings is 1. The second kappa shape index (κ2) is 7.42. The highest BCUT2D eigenvalue weighted by Crippen LogP contribution is 2.30. The van der Waals surface area contributed by atoms with Crippen LogP contribution in [-0.4, -0.2) is 39.6 Å². The number of ether oxygens (including phenoxy) is 1. The van der Waals surface area contributed by atoms with E-state index >= 15 is 0 Å². The van der Waals surface area contributed by atoms with Crippen molar-refractivity contribution in [2.24, 2.45) is 7.05 Å². The number of hydrogen-bond donors (Lipinski definition) is 1. The first-order chi connectivity index (χ1) is 10.2. The number of nitrogens with zero attached hydrogens (tertiary/aromatic N) is 4. The Kier molecular flexibility index (Phi) is 5.58. The maximum atomic E-state index is 5.49. The molecule has 2 aromatic rings. The van der Waals surface area contributed by atoms with E-state index in [2.05, 4.69) is 46.8 Å². The summed E-state index contributed by atoms with van der Waals surface area (Å²) in [5.74, 6) is 1.74. The summed E-state index contributed by atoms with van der Waals surface area (Å²) in [6.45, 7) is 5.08. The zero-order chi connectivity index (χ0) is 15.2. The second-order valence-corrected chi connectivity index (χ2v) is 5.74. The normalized spacial score (nSPS) is 12.4. The molecule has 0 aliphatic heterocycles. The van der Waals surface area contributed by atoms with Gasteiger partial charge in [0.25, 0.3) is 0 Å². The van der Waals surface area contributed by atoms with E-state index in [1.165, 1.54) is 11.1 Å². The van der Waals surface area contributed by atoms with Crippen molar-refractivity contribution in [3.05, 3.63) is 29.3 Å². The van der Waals surface area contributed by atoms with Gasteiger partial charge in [0, 0.05) is 24.4 Å². The Morgan fingerprint density at radius 1 is 1.43 bits per heavy atom. The monoisotopic (exact) mass is 307 g/mol. The summed E-state index contributed by atoms with van der Waals surface area (Å²) in [5.41, 5.74) is 2.39. The van der Waals surface area contributed by atoms with Crippen molar-refractivity contribution in [3.63, 3.8) is 0 Å². The van der Waals surface area contributed by atoms with Gasteiger partial charge in [0.15, 0.2) is 0 Å². The van der Waals surface area contributed by atoms with Crippen LogP contribution in [0.1, 0.15) is 24.1 Å². The standard InChI is InChI=1S/C14H21N5OS/c1-5-15-12(9-21-14-16-17-18-19(14)3)11-8-10(2)6-7-13(11)20-4/h6-8,12,15H,5,9H2,1-4H3. The number of tetrazole rings is 1. The predicted molar refractivity (Wildman–Crippen MR) is 83.7 cm³/mol. The third-order valence-electron chi connectivity index (χ3n) is 3.17. The maximum absolute atomic E-state index is 5.49. The van der Waals surface area contributed by atoms with Gasteiger partial charge in [0.05, 0.1) is 7.11 Å². The van der Waals surface area contributed by atoms with Crippen molar-refractivity contribution < 1.29 is 4.74 Å². The number of nitrogens with one attached hydrogen (secondary N) is 1. The van der Waals surface area contributed by atoms with Crippen LogP contribution in [0.5, 0.6) is 5.75 Å². The minimum absolute atomic E-state index is 0.187. The van der Waals surface area contributed by atoms with Gasteiger partial charge < -0.3 is 10.1 Å². The summed E-state index contributed by atoms with van der Waals surface area (Å²) in [7, 11) is 3.55. The molecule has 0 bridgehead atoms. The fraction of sp³-hybridized carbons (Fsp3) is 0.500. The molecule has 114 valence electrons. The van der Waals surface area contributed by atoms with Gasteiger partial charge in [-0.2, -0.15) is 0 Å². The summed E-state index contributed by atoms with van der Waals surface area (Å²) >= 11 is 1.63. The highest BCUT2D eigenvalue weighted by molar-refractivity contribution is 7.99. The zero-order valence-electron chi connectivity index (χ0n) is 12.8. The average molecular weight is 307 g/mol. The van der Waals surface area contributed by atoms with Gasteiger partial charge in [-0.3, -0.25) is 0 Å². The molecule has 1 N–H and O–H groups in total. The summed E-state index contributed by atoms with van der Waals surface area (Å²) in [6, 6.07) is 6.43. The lowest BCUT2D eigenvalue weighted by molar-refractivity contribution is 0.403. The Morgan fingerprint density at radius 3 is 2.86 bits per heavy atom. The molecular formula is C14H21N5OS. The molecular weight excluding hydrogens is 286 g/mol. The Balaban J connectivity index is 2.18. The minimum Gasteiger partial charge on any atom is -0.496 e. The highest BCUT2D eigenvalue weighted by atomic mass is 32.2. The summed E-state index contributed by atoms with van der Waals surface area (Å²) < 4.78 is 7.18. The number of methoxy groups -OCH3 is 1. The number of thioether (sulfide) groups is 1. The lowest BCUT2D eigenvalue weighted by Gasteiger charge is -2.20. The molecule has 6 nitrogen and oxygen atoms in total. The molecule has 1 unspecified atom stereocenters. The first-order valence-electron chi connectivity index (χ1n) is 6.88. The van der Waals surface area contributed by atoms with Gasteiger partial charge in [-0.15, -0.1) is 5.10 Å². The van der Waals surface area contributed by atoms with E-state index in [0.717, 1.165) is 23.2 Å². The third kappa shape index (κ3) is 3.95. The quantitative estimate of drug-likeness (QED) is 0.789. The SMILES string of the molecule is CCNC(CSc1nnnn1C)c1cc(C)ccc1OC. The summed E-state index contributed by atoms with van der Waals surface area (Å²) in [5, 5.41) is 15.8. The van der Waals surface area contributed by atoms with Crippen molar-refractivity contribution in [2.75, 3.05) is 19.4 Å². The molecule has 1 atom stereocenters. The molecule has 2 rings (SSSR count). The van der Waals surface area contributed by atoms with Crippen LogP contribution >= 0.6 is 11.8 Å². The Bertz CT molecular complexity index is 586. The van der Waals surface area contributed by atoms with Gasteiger partial charge in [-0.25, -0.2) is 4.68 Å². The lowest BCUT2D eigenvalue weighted by atomic mass is 10.0. The smallest absolute Gasteiger partial charge is 0.209 e. The first kappa shape index (κ1) is 15.8. The third-order valence-corrected chi connectivity index (χ3v) is 4.28. The molecule has 0 saturated heterocycles. The number of hydrogen-bond acceptors (Lipinski definition) is 6. The summed E-state index contributed by atoms with van der Waals surface area (Å²) in [6.07, 6.45) is 0. The molecule has 0 spiro atoms. The number of aryl methyl sites for hydroxylation is 2. The maximum Gasteiger partial charge on any atom is 0.209 e. The van der Waals surface area contributed by atoms with Crippen molar-refractivity contribution >= 4 is 11.8 Å². The molecule has 1 aromatic heterocycles. The minimum atomic E-state index is 0.187. The molecule has 0 fully saturated rings. The molecule has 0 aliphatic rings. The Labute approximate surface area is 129 Å². The zero-order valence-corrected chi connectivity index (χ0v) is 13.6. The topological polar surface area (TPSA) is 64.9 Å². The average Bonchev–Trinajstić information content (AvgIpc) is 2.89. The van der Waals surface area contributed by atoms with Gasteiger partial charge in [0.1, 0.15) is 5.75 Å². The van der Waals surface area contributed by atoms with E-state index in [1.54, 1.807) is 23.6 Å². The summed E-state index contributed by atoms with van der Waals surface area (Å²) in [4.78, 5) is 0. The largest absolute Gasteiger partial charge is 0.496 e. The molecule has 1 aromatic carbocycles. The van der Waals surface area contributed by atoms with E-state index in [4.69, 9.17) is 4.74 Å². The number of aromatic nitrogens is 4. The van der Waals surface area contributed by atoms with Crippen LogP contribution in [-0.2, 0) is 7.05 Å². The van der Waals surface area contributed by atoms with Crippen LogP contribution in [0, 0.1) is 6.92 Å². The molecule has 21 heavy (non-hydrogen) atoms. The van der Waals surface area contributed by atoms with Crippen molar-refractivity contribution in [1.29, 1.82) is 0 Å². The fourth-order valence-corrected chi connectivity index (χ4v) is 3.06. The van der Waals surface area contributed by atoms with Gasteiger partial charge in [-0.1, -0.05) is 36.4 Å². The van der Waals surface area contributed by atoms with Gasteiger partial charge in [-0.05, 0) is 30.0 Å². The first-order valence-corrected chi connectivity index (χ1v) is 7.87. The van der Waals surface area contributed by atoms with E-state index < -0.39 is 0 Å². The predicted octanol–water partition coefficient (Wildman–Crippen LogP) is 1.97. The molecule has 0 amide bonds. The van der Waals surface area contributed by atoms with Crippen LogP contribution in [0.3, 0.4) is 0 Å². The van der Waals surface area contributed by atoms with Crippen LogP contribution in [0.4, 0.5) is 0 Å². The Morgan fingerprint density at radius 2 is 2.24 bits per heavy atom. The molecule has 0 radical (unpaired) electrons. The van der Waals surface area contributed by atoms with Crippen LogP contribution in [0.2, 0.25) is 0 Å². The van der Waals surface area contributed by atoms with Crippen LogP contribution in [0.15, 0.2) is 23.4 Å². The van der Waals surface area contributed by atoms with Crippen LogP contribution in [0.25, 0.3) is 0 Å². The van der Waals surface area contributed by atoms with Crippen LogP contribution < -0.4 is 10.1 Å². The molecule has 1 heterocycles. The van der Waals surface area contributed by atoms with E-state index in [1.807, 2.05) is 13.1 Å². The Hall–Kier alpha value is -1.60. The lowest BCUT2D eigenvalue weighted by Crippen LogP contribution is -2.23. The van der Waals surface area contributed by atoms with E-state index in [0.29, 0.717) is 0 Å². The highest BCUT2D eigenvalue weighted by Gasteiger charge is 2.17. The van der Waals surface area contributed by atoms with Crippen molar-refractivity contribution in [1.82, 2.24) is 25.5 Å². The van der Waals surface area contributed by atoms with Crippen molar-refractivity contribution in [3.8, 4) is 5.75 Å². The molecule has 7 heteroatoms. The van der Waals surface area contributed by atoms with E-state index in [-0.39, 0.29) is 6.04 Å². The second-order valence-electron chi connectivity index (χ2n) is 4.75. The van der Waals surface area contributed by atoms with Gasteiger partial charge in [0.2, 0.25) is 5.16 Å².